The zero-order valence-corrected chi connectivity index (χ0v) is 18.8. The molecule has 4 nitrogen and oxygen atoms in total. The van der Waals surface area contributed by atoms with Gasteiger partial charge in [0.15, 0.2) is 0 Å². The van der Waals surface area contributed by atoms with Crippen LogP contribution in [0.15, 0.2) is 83.9 Å². The van der Waals surface area contributed by atoms with Crippen molar-refractivity contribution >= 4 is 33.9 Å². The average molecular weight is 542 g/mol. The van der Waals surface area contributed by atoms with E-state index in [0.717, 1.165) is 36.4 Å². The predicted molar refractivity (Wildman–Crippen MR) is 124 cm³/mol. The van der Waals surface area contributed by atoms with Crippen LogP contribution in [-0.4, -0.2) is 10.9 Å². The molecule has 0 amide bonds. The Hall–Kier alpha value is -4.29. The summed E-state index contributed by atoms with van der Waals surface area (Å²) in [6, 6.07) is 15.3. The van der Waals surface area contributed by atoms with Gasteiger partial charge in [-0.2, -0.15) is 39.5 Å². The highest BCUT2D eigenvalue weighted by Crippen LogP contribution is 2.39. The van der Waals surface area contributed by atoms with Gasteiger partial charge in [-0.3, -0.25) is 0 Å². The molecule has 13 heteroatoms. The molecule has 3 aromatic carbocycles. The van der Waals surface area contributed by atoms with Crippen LogP contribution < -0.4 is 10.6 Å². The number of anilines is 2. The van der Waals surface area contributed by atoms with Gasteiger partial charge in [-0.15, -0.1) is 0 Å². The van der Waals surface area contributed by atoms with Crippen molar-refractivity contribution in [2.75, 3.05) is 10.6 Å². The Balaban J connectivity index is 1.76. The Morgan fingerprint density at radius 3 is 1.84 bits per heavy atom. The zero-order valence-electron chi connectivity index (χ0n) is 18.8. The molecular weight excluding hydrogens is 527 g/mol. The maximum atomic E-state index is 13.5. The largest absolute Gasteiger partial charge is 0.433 e. The quantitative estimate of drug-likeness (QED) is 0.155. The summed E-state index contributed by atoms with van der Waals surface area (Å²) < 4.78 is 119. The van der Waals surface area contributed by atoms with Gasteiger partial charge in [0.25, 0.3) is 0 Å². The monoisotopic (exact) mass is 542 g/mol. The second kappa shape index (κ2) is 9.88. The summed E-state index contributed by atoms with van der Waals surface area (Å²) in [6.45, 7) is 0. The molecule has 0 aliphatic carbocycles. The first kappa shape index (κ1) is 26.8. The van der Waals surface area contributed by atoms with Gasteiger partial charge in [-0.1, -0.05) is 24.3 Å². The number of hydrogen-bond donors (Lipinski definition) is 2. The first-order chi connectivity index (χ1) is 17.7. The van der Waals surface area contributed by atoms with Crippen molar-refractivity contribution in [3.8, 4) is 0 Å². The van der Waals surface area contributed by atoms with Crippen LogP contribution in [0.4, 0.5) is 56.6 Å². The maximum Gasteiger partial charge on any atom is 0.433 e. The standard InChI is InChI=1S/C25H15F9N4/c26-23(27,28)14-6-8-16(9-7-14)36-22(35-15-4-2-1-3-5-15)37-17-10-11-18-19(24(29,30)31)13-21(25(32,33)34)38-20(18)12-17/h1-13H,(H2,35,36,37). The smallest absolute Gasteiger partial charge is 0.326 e. The van der Waals surface area contributed by atoms with E-state index in [9.17, 15) is 39.5 Å². The normalized spacial score (nSPS) is 13.0. The van der Waals surface area contributed by atoms with Crippen molar-refractivity contribution in [2.24, 2.45) is 4.99 Å². The highest BCUT2D eigenvalue weighted by molar-refractivity contribution is 6.05. The highest BCUT2D eigenvalue weighted by Gasteiger charge is 2.39. The second-order valence-electron chi connectivity index (χ2n) is 7.90. The van der Waals surface area contributed by atoms with Crippen molar-refractivity contribution in [2.45, 2.75) is 18.5 Å². The van der Waals surface area contributed by atoms with Crippen molar-refractivity contribution < 1.29 is 39.5 Å². The second-order valence-corrected chi connectivity index (χ2v) is 7.90. The van der Waals surface area contributed by atoms with Crippen molar-refractivity contribution in [3.63, 3.8) is 0 Å². The van der Waals surface area contributed by atoms with Crippen molar-refractivity contribution in [1.29, 1.82) is 0 Å². The molecule has 0 bridgehead atoms. The van der Waals surface area contributed by atoms with Gasteiger partial charge in [-0.05, 0) is 54.6 Å². The Morgan fingerprint density at radius 2 is 1.26 bits per heavy atom. The van der Waals surface area contributed by atoms with Crippen LogP contribution in [0.25, 0.3) is 10.9 Å². The molecule has 0 radical (unpaired) electrons. The molecule has 0 unspecified atom stereocenters. The lowest BCUT2D eigenvalue weighted by Gasteiger charge is -2.16. The Morgan fingerprint density at radius 1 is 0.632 bits per heavy atom. The van der Waals surface area contributed by atoms with Crippen LogP contribution >= 0.6 is 0 Å². The summed E-state index contributed by atoms with van der Waals surface area (Å²) in [7, 11) is 0. The van der Waals surface area contributed by atoms with Crippen LogP contribution in [0.5, 0.6) is 0 Å². The van der Waals surface area contributed by atoms with Gasteiger partial charge in [0, 0.05) is 16.8 Å². The van der Waals surface area contributed by atoms with E-state index < -0.39 is 46.3 Å². The number of guanidine groups is 1. The third kappa shape index (κ3) is 6.33. The predicted octanol–water partition coefficient (Wildman–Crippen LogP) is 8.50. The van der Waals surface area contributed by atoms with Crippen LogP contribution in [0.2, 0.25) is 0 Å². The lowest BCUT2D eigenvalue weighted by atomic mass is 10.1. The molecule has 38 heavy (non-hydrogen) atoms. The van der Waals surface area contributed by atoms with E-state index in [2.05, 4.69) is 20.6 Å². The molecule has 0 aliphatic heterocycles. The molecule has 4 rings (SSSR count). The van der Waals surface area contributed by atoms with E-state index in [1.165, 1.54) is 6.07 Å². The van der Waals surface area contributed by atoms with E-state index in [-0.39, 0.29) is 23.4 Å². The molecule has 1 heterocycles. The van der Waals surface area contributed by atoms with Crippen LogP contribution in [-0.2, 0) is 18.5 Å². The molecule has 2 N–H and O–H groups in total. The van der Waals surface area contributed by atoms with E-state index >= 15 is 0 Å². The van der Waals surface area contributed by atoms with Gasteiger partial charge in [-0.25, -0.2) is 9.98 Å². The lowest BCUT2D eigenvalue weighted by Crippen LogP contribution is -2.22. The Bertz CT molecular complexity index is 1460. The fraction of sp³-hybridized carbons (Fsp3) is 0.120. The van der Waals surface area contributed by atoms with Crippen molar-refractivity contribution in [3.05, 3.63) is 95.7 Å². The van der Waals surface area contributed by atoms with Gasteiger partial charge in [0.2, 0.25) is 5.96 Å². The maximum absolute atomic E-state index is 13.5. The minimum Gasteiger partial charge on any atom is -0.326 e. The summed E-state index contributed by atoms with van der Waals surface area (Å²) in [5.41, 5.74) is -4.09. The third-order valence-electron chi connectivity index (χ3n) is 5.14. The number of halogens is 9. The number of para-hydroxylation sites is 1. The molecule has 0 saturated heterocycles. The first-order valence-electron chi connectivity index (χ1n) is 10.6. The summed E-state index contributed by atoms with van der Waals surface area (Å²) in [5.74, 6) is -0.0710. The van der Waals surface area contributed by atoms with Crippen LogP contribution in [0.3, 0.4) is 0 Å². The molecule has 0 fully saturated rings. The summed E-state index contributed by atoms with van der Waals surface area (Å²) in [6.07, 6.45) is -14.8. The summed E-state index contributed by atoms with van der Waals surface area (Å²) in [5, 5.41) is 5.07. The zero-order chi connectivity index (χ0) is 27.7. The molecule has 198 valence electrons. The fourth-order valence-electron chi connectivity index (χ4n) is 3.42. The summed E-state index contributed by atoms with van der Waals surface area (Å²) in [4.78, 5) is 7.57. The number of nitrogens with one attached hydrogen (secondary N) is 2. The van der Waals surface area contributed by atoms with Gasteiger partial charge < -0.3 is 10.6 Å². The molecule has 0 aliphatic rings. The minimum absolute atomic E-state index is 0.0199. The topological polar surface area (TPSA) is 49.3 Å². The van der Waals surface area contributed by atoms with Gasteiger partial charge in [0.1, 0.15) is 5.69 Å². The van der Waals surface area contributed by atoms with E-state index in [0.29, 0.717) is 5.69 Å². The molecule has 4 aromatic rings. The lowest BCUT2D eigenvalue weighted by molar-refractivity contribution is -0.144. The third-order valence-corrected chi connectivity index (χ3v) is 5.14. The highest BCUT2D eigenvalue weighted by atomic mass is 19.4. The molecule has 0 saturated carbocycles. The molecular formula is C25H15F9N4. The minimum atomic E-state index is -5.12. The number of aliphatic imine (C=N–C) groups is 1. The number of fused-ring (bicyclic) bond motifs is 1. The Labute approximate surface area is 208 Å². The molecule has 1 aromatic heterocycles. The molecule has 0 atom stereocenters. The van der Waals surface area contributed by atoms with Crippen LogP contribution in [0, 0.1) is 0 Å². The number of pyridine rings is 1. The number of hydrogen-bond acceptors (Lipinski definition) is 2. The first-order valence-corrected chi connectivity index (χ1v) is 10.6. The fourth-order valence-corrected chi connectivity index (χ4v) is 3.42. The van der Waals surface area contributed by atoms with E-state index in [4.69, 9.17) is 0 Å². The number of nitrogens with zero attached hydrogens (tertiary/aromatic N) is 2. The van der Waals surface area contributed by atoms with E-state index in [1.54, 1.807) is 30.3 Å². The number of rotatable bonds is 3. The van der Waals surface area contributed by atoms with Gasteiger partial charge >= 0.3 is 18.5 Å². The number of aromatic nitrogens is 1. The SMILES string of the molecule is FC(F)(F)c1ccc(N=C(Nc2ccccc2)Nc2ccc3c(C(F)(F)F)cc(C(F)(F)F)nc3c2)cc1. The molecule has 0 spiro atoms. The van der Waals surface area contributed by atoms with Crippen molar-refractivity contribution in [1.82, 2.24) is 4.98 Å². The van der Waals surface area contributed by atoms with Crippen LogP contribution in [0.1, 0.15) is 16.8 Å². The van der Waals surface area contributed by atoms with E-state index in [1.807, 2.05) is 0 Å². The number of benzene rings is 3. The summed E-state index contributed by atoms with van der Waals surface area (Å²) >= 11 is 0. The Kier molecular flexibility index (Phi) is 6.96. The number of alkyl halides is 9. The average Bonchev–Trinajstić information content (AvgIpc) is 2.82. The van der Waals surface area contributed by atoms with Gasteiger partial charge in [0.05, 0.1) is 22.3 Å².